The molecule has 0 unspecified atom stereocenters. The van der Waals surface area contributed by atoms with E-state index in [0.29, 0.717) is 17.5 Å². The topological polar surface area (TPSA) is 32.3 Å². The van der Waals surface area contributed by atoms with Crippen LogP contribution in [0.15, 0.2) is 49.2 Å². The van der Waals surface area contributed by atoms with Gasteiger partial charge in [0.25, 0.3) is 5.91 Å². The fourth-order valence-corrected chi connectivity index (χ4v) is 4.17. The number of hydrogen-bond donors (Lipinski definition) is 1. The van der Waals surface area contributed by atoms with Gasteiger partial charge in [-0.2, -0.15) is 0 Å². The Morgan fingerprint density at radius 2 is 1.96 bits per heavy atom. The first-order valence-corrected chi connectivity index (χ1v) is 9.19. The van der Waals surface area contributed by atoms with Crippen molar-refractivity contribution in [2.24, 2.45) is 11.8 Å². The molecule has 2 fully saturated rings. The normalized spacial score (nSPS) is 24.0. The zero-order valence-electron chi connectivity index (χ0n) is 15.4. The maximum atomic E-state index is 12.1. The van der Waals surface area contributed by atoms with Gasteiger partial charge in [-0.25, -0.2) is 0 Å². The van der Waals surface area contributed by atoms with E-state index in [1.54, 1.807) is 7.05 Å². The lowest BCUT2D eigenvalue weighted by molar-refractivity contribution is -0.116. The van der Waals surface area contributed by atoms with Crippen molar-refractivity contribution in [3.8, 4) is 12.3 Å². The molecule has 0 spiro atoms. The molecule has 0 saturated heterocycles. The van der Waals surface area contributed by atoms with Crippen molar-refractivity contribution >= 4 is 17.7 Å². The summed E-state index contributed by atoms with van der Waals surface area (Å²) in [5.74, 6) is 3.76. The van der Waals surface area contributed by atoms with Crippen LogP contribution in [0.4, 0.5) is 0 Å². The van der Waals surface area contributed by atoms with Crippen molar-refractivity contribution in [1.29, 1.82) is 0 Å². The van der Waals surface area contributed by atoms with Crippen LogP contribution in [0.2, 0.25) is 0 Å². The third kappa shape index (κ3) is 3.32. The Hall–Kier alpha value is -2.73. The van der Waals surface area contributed by atoms with Gasteiger partial charge < -0.3 is 10.2 Å². The number of amides is 1. The molecule has 3 rings (SSSR count). The Kier molecular flexibility index (Phi) is 5.32. The van der Waals surface area contributed by atoms with Crippen molar-refractivity contribution < 1.29 is 4.79 Å². The summed E-state index contributed by atoms with van der Waals surface area (Å²) in [6.07, 6.45) is 14.2. The molecule has 0 bridgehead atoms. The molecular formula is C23H26N2O. The predicted molar refractivity (Wildman–Crippen MR) is 108 cm³/mol. The number of hydrogen-bond acceptors (Lipinski definition) is 2. The number of fused-ring (bicyclic) bond motifs is 1. The van der Waals surface area contributed by atoms with Crippen LogP contribution in [0.3, 0.4) is 0 Å². The largest absolute Gasteiger partial charge is 0.355 e. The Bertz CT molecular complexity index is 781. The fourth-order valence-electron chi connectivity index (χ4n) is 4.17. The monoisotopic (exact) mass is 346 g/mol. The molecule has 0 aliphatic heterocycles. The summed E-state index contributed by atoms with van der Waals surface area (Å²) in [7, 11) is 1.60. The van der Waals surface area contributed by atoms with Gasteiger partial charge in [0.15, 0.2) is 0 Å². The molecular weight excluding hydrogens is 320 g/mol. The van der Waals surface area contributed by atoms with Gasteiger partial charge >= 0.3 is 0 Å². The van der Waals surface area contributed by atoms with Crippen molar-refractivity contribution in [3.05, 3.63) is 60.3 Å². The number of nitrogens with one attached hydrogen (secondary N) is 1. The first-order valence-electron chi connectivity index (χ1n) is 9.19. The van der Waals surface area contributed by atoms with Gasteiger partial charge in [0.2, 0.25) is 0 Å². The first-order chi connectivity index (χ1) is 12.6. The molecule has 0 radical (unpaired) electrons. The molecule has 1 amide bonds. The summed E-state index contributed by atoms with van der Waals surface area (Å²) in [4.78, 5) is 14.3. The summed E-state index contributed by atoms with van der Waals surface area (Å²) in [5, 5.41) is 2.62. The summed E-state index contributed by atoms with van der Waals surface area (Å²) < 4.78 is 0. The zero-order chi connectivity index (χ0) is 18.7. The third-order valence-corrected chi connectivity index (χ3v) is 5.85. The van der Waals surface area contributed by atoms with Gasteiger partial charge in [-0.15, -0.1) is 6.42 Å². The highest BCUT2D eigenvalue weighted by Gasteiger charge is 2.44. The van der Waals surface area contributed by atoms with Crippen LogP contribution in [0.25, 0.3) is 11.8 Å². The molecule has 1 aromatic rings. The van der Waals surface area contributed by atoms with Crippen LogP contribution in [0, 0.1) is 24.2 Å². The highest BCUT2D eigenvalue weighted by atomic mass is 16.1. The predicted octanol–water partition coefficient (Wildman–Crippen LogP) is 4.05. The van der Waals surface area contributed by atoms with Crippen LogP contribution in [-0.4, -0.2) is 23.9 Å². The van der Waals surface area contributed by atoms with Crippen molar-refractivity contribution in [2.75, 3.05) is 7.05 Å². The molecule has 2 saturated carbocycles. The van der Waals surface area contributed by atoms with Crippen molar-refractivity contribution in [2.45, 2.75) is 31.7 Å². The number of benzene rings is 1. The molecule has 0 heterocycles. The Balaban J connectivity index is 1.95. The molecule has 1 aromatic carbocycles. The zero-order valence-corrected chi connectivity index (χ0v) is 15.4. The molecule has 3 nitrogen and oxygen atoms in total. The van der Waals surface area contributed by atoms with E-state index in [1.807, 2.05) is 36.5 Å². The third-order valence-electron chi connectivity index (χ3n) is 5.85. The fraction of sp³-hybridized carbons (Fsp3) is 0.348. The lowest BCUT2D eigenvalue weighted by Crippen LogP contribution is -2.38. The molecule has 0 aromatic heterocycles. The molecule has 134 valence electrons. The lowest BCUT2D eigenvalue weighted by Gasteiger charge is -2.40. The summed E-state index contributed by atoms with van der Waals surface area (Å²) in [6.45, 7) is 8.14. The average Bonchev–Trinajstić information content (AvgIpc) is 2.95. The molecule has 26 heavy (non-hydrogen) atoms. The Morgan fingerprint density at radius 3 is 2.46 bits per heavy atom. The second-order valence-corrected chi connectivity index (χ2v) is 7.09. The second kappa shape index (κ2) is 7.66. The number of nitrogens with zero attached hydrogens (tertiary/aromatic N) is 1. The number of likely N-dealkylation sites (N-methyl/N-ethyl adjacent to an activating group) is 1. The maximum Gasteiger partial charge on any atom is 0.261 e. The van der Waals surface area contributed by atoms with E-state index < -0.39 is 0 Å². The second-order valence-electron chi connectivity index (χ2n) is 7.09. The van der Waals surface area contributed by atoms with Gasteiger partial charge in [-0.1, -0.05) is 49.4 Å². The van der Waals surface area contributed by atoms with E-state index in [-0.39, 0.29) is 5.91 Å². The minimum atomic E-state index is -0.240. The van der Waals surface area contributed by atoms with E-state index in [4.69, 9.17) is 6.42 Å². The Labute approximate surface area is 156 Å². The number of carbonyl (C=O) groups excluding carboxylic acids is 1. The van der Waals surface area contributed by atoms with Crippen molar-refractivity contribution in [3.63, 3.8) is 0 Å². The van der Waals surface area contributed by atoms with Gasteiger partial charge in [0.05, 0.1) is 0 Å². The molecule has 1 N–H and O–H groups in total. The number of terminal acetylenes is 1. The molecule has 2 aliphatic carbocycles. The lowest BCUT2D eigenvalue weighted by atomic mass is 9.74. The van der Waals surface area contributed by atoms with E-state index in [1.165, 1.54) is 19.3 Å². The molecule has 3 atom stereocenters. The number of rotatable bonds is 6. The molecule has 3 heteroatoms. The molecule has 2 aliphatic rings. The van der Waals surface area contributed by atoms with Crippen molar-refractivity contribution in [1.82, 2.24) is 10.2 Å². The quantitative estimate of drug-likeness (QED) is 0.622. The smallest absolute Gasteiger partial charge is 0.261 e. The first kappa shape index (κ1) is 18.1. The Morgan fingerprint density at radius 1 is 1.27 bits per heavy atom. The van der Waals surface area contributed by atoms with Gasteiger partial charge in [-0.05, 0) is 48.6 Å². The highest BCUT2D eigenvalue weighted by molar-refractivity contribution is 5.97. The van der Waals surface area contributed by atoms with Crippen LogP contribution >= 0.6 is 0 Å². The van der Waals surface area contributed by atoms with E-state index in [2.05, 4.69) is 29.3 Å². The average molecular weight is 346 g/mol. The van der Waals surface area contributed by atoms with Crippen LogP contribution < -0.4 is 5.32 Å². The maximum absolute atomic E-state index is 12.1. The SMILES string of the molecule is C#C/C(=C\N(C(=C)c1ccc(C=C)cc1)[C@H]1CC[C@@H]2CC[C@@H]21)C(=O)NC. The minimum absolute atomic E-state index is 0.240. The highest BCUT2D eigenvalue weighted by Crippen LogP contribution is 2.50. The van der Waals surface area contributed by atoms with Crippen LogP contribution in [-0.2, 0) is 4.79 Å². The van der Waals surface area contributed by atoms with Gasteiger partial charge in [0.1, 0.15) is 5.57 Å². The van der Waals surface area contributed by atoms with Gasteiger partial charge in [0, 0.05) is 25.0 Å². The van der Waals surface area contributed by atoms with E-state index in [9.17, 15) is 4.79 Å². The summed E-state index contributed by atoms with van der Waals surface area (Å²) >= 11 is 0. The summed E-state index contributed by atoms with van der Waals surface area (Å²) in [6, 6.07) is 8.49. The standard InChI is InChI=1S/C23H26N2O/c1-5-17-7-9-19(10-8-17)16(3)25(15-18(6-2)23(26)24-4)22-14-12-20-11-13-21(20)22/h2,5,7-10,15,20-22H,1,3,11-14H2,4H3,(H,24,26)/b18-15+/t20-,21-,22-/m0/s1. The van der Waals surface area contributed by atoms with Gasteiger partial charge in [-0.3, -0.25) is 4.79 Å². The van der Waals surface area contributed by atoms with E-state index in [0.717, 1.165) is 29.2 Å². The van der Waals surface area contributed by atoms with Crippen LogP contribution in [0.1, 0.15) is 36.8 Å². The van der Waals surface area contributed by atoms with Crippen LogP contribution in [0.5, 0.6) is 0 Å². The summed E-state index contributed by atoms with van der Waals surface area (Å²) in [5.41, 5.74) is 3.31. The van der Waals surface area contributed by atoms with E-state index >= 15 is 0 Å². The minimum Gasteiger partial charge on any atom is -0.355 e. The number of carbonyl (C=O) groups is 1.